The van der Waals surface area contributed by atoms with Crippen molar-refractivity contribution in [1.82, 2.24) is 5.32 Å². The summed E-state index contributed by atoms with van der Waals surface area (Å²) in [4.78, 5) is 14.5. The van der Waals surface area contributed by atoms with Crippen LogP contribution in [0.25, 0.3) is 0 Å². The number of nitriles is 1. The molecule has 0 spiro atoms. The molecule has 7 heteroatoms. The SMILES string of the molecule is N#C/C(=C/N(c1ccccc1)c1ccc(N)cc1)C(=O)NCc1ccc2c(c1)OCO2. The normalized spacial score (nSPS) is 12.2. The van der Waals surface area contributed by atoms with Gasteiger partial charge in [-0.2, -0.15) is 5.26 Å². The van der Waals surface area contributed by atoms with Crippen molar-refractivity contribution in [2.45, 2.75) is 6.54 Å². The zero-order valence-corrected chi connectivity index (χ0v) is 16.6. The Bertz CT molecular complexity index is 1150. The van der Waals surface area contributed by atoms with E-state index in [1.165, 1.54) is 6.20 Å². The molecule has 0 saturated carbocycles. The summed E-state index contributed by atoms with van der Waals surface area (Å²) in [6, 6.07) is 24.1. The summed E-state index contributed by atoms with van der Waals surface area (Å²) < 4.78 is 10.7. The fourth-order valence-corrected chi connectivity index (χ4v) is 3.12. The number of ether oxygens (including phenoxy) is 2. The third kappa shape index (κ3) is 4.60. The largest absolute Gasteiger partial charge is 0.454 e. The van der Waals surface area contributed by atoms with E-state index in [-0.39, 0.29) is 18.9 Å². The molecule has 0 saturated heterocycles. The Labute approximate surface area is 179 Å². The number of hydrogen-bond donors (Lipinski definition) is 2. The van der Waals surface area contributed by atoms with Crippen LogP contribution in [0.5, 0.6) is 11.5 Å². The molecule has 3 aromatic rings. The van der Waals surface area contributed by atoms with Gasteiger partial charge in [-0.15, -0.1) is 0 Å². The Morgan fingerprint density at radius 1 is 1.03 bits per heavy atom. The fraction of sp³-hybridized carbons (Fsp3) is 0.0833. The van der Waals surface area contributed by atoms with Crippen LogP contribution in [0.1, 0.15) is 5.56 Å². The first-order valence-corrected chi connectivity index (χ1v) is 9.62. The van der Waals surface area contributed by atoms with Crippen molar-refractivity contribution in [3.05, 3.63) is 90.1 Å². The summed E-state index contributed by atoms with van der Waals surface area (Å²) in [5, 5.41) is 12.4. The Morgan fingerprint density at radius 3 is 2.48 bits per heavy atom. The molecule has 1 amide bonds. The average Bonchev–Trinajstić information content (AvgIpc) is 3.28. The van der Waals surface area contributed by atoms with E-state index in [4.69, 9.17) is 15.2 Å². The number of carbonyl (C=O) groups excluding carboxylic acids is 1. The Balaban J connectivity index is 1.55. The smallest absolute Gasteiger partial charge is 0.263 e. The minimum atomic E-state index is -0.475. The van der Waals surface area contributed by atoms with Gasteiger partial charge in [0.2, 0.25) is 6.79 Å². The van der Waals surface area contributed by atoms with Crippen LogP contribution in [0, 0.1) is 11.3 Å². The molecule has 31 heavy (non-hydrogen) atoms. The number of nitrogen functional groups attached to an aromatic ring is 1. The molecule has 0 atom stereocenters. The van der Waals surface area contributed by atoms with Crippen molar-refractivity contribution in [2.75, 3.05) is 17.4 Å². The van der Waals surface area contributed by atoms with Gasteiger partial charge in [0.1, 0.15) is 11.6 Å². The molecule has 0 aromatic heterocycles. The maximum Gasteiger partial charge on any atom is 0.263 e. The summed E-state index contributed by atoms with van der Waals surface area (Å²) in [7, 11) is 0. The van der Waals surface area contributed by atoms with E-state index in [2.05, 4.69) is 5.32 Å². The highest BCUT2D eigenvalue weighted by Crippen LogP contribution is 2.32. The molecule has 0 fully saturated rings. The van der Waals surface area contributed by atoms with E-state index in [1.54, 1.807) is 23.1 Å². The molecule has 1 aliphatic rings. The number of para-hydroxylation sites is 1. The predicted molar refractivity (Wildman–Crippen MR) is 118 cm³/mol. The van der Waals surface area contributed by atoms with Crippen LogP contribution in [-0.2, 0) is 11.3 Å². The van der Waals surface area contributed by atoms with Crippen molar-refractivity contribution in [3.63, 3.8) is 0 Å². The van der Waals surface area contributed by atoms with Crippen LogP contribution < -0.4 is 25.4 Å². The topological polar surface area (TPSA) is 101 Å². The molecule has 7 nitrogen and oxygen atoms in total. The lowest BCUT2D eigenvalue weighted by Crippen LogP contribution is -2.25. The summed E-state index contributed by atoms with van der Waals surface area (Å²) in [6.07, 6.45) is 1.52. The van der Waals surface area contributed by atoms with E-state index in [0.29, 0.717) is 17.2 Å². The maximum absolute atomic E-state index is 12.7. The number of nitrogens with zero attached hydrogens (tertiary/aromatic N) is 2. The first-order valence-electron chi connectivity index (χ1n) is 9.62. The minimum Gasteiger partial charge on any atom is -0.454 e. The minimum absolute atomic E-state index is 0.0265. The number of rotatable bonds is 6. The van der Waals surface area contributed by atoms with Crippen molar-refractivity contribution < 1.29 is 14.3 Å². The lowest BCUT2D eigenvalue weighted by molar-refractivity contribution is -0.117. The first-order chi connectivity index (χ1) is 15.1. The molecule has 1 heterocycles. The van der Waals surface area contributed by atoms with Crippen molar-refractivity contribution in [3.8, 4) is 17.6 Å². The highest BCUT2D eigenvalue weighted by atomic mass is 16.7. The van der Waals surface area contributed by atoms with Crippen LogP contribution in [0.15, 0.2) is 84.6 Å². The number of nitrogens with two attached hydrogens (primary N) is 1. The number of benzene rings is 3. The first kappa shape index (κ1) is 19.9. The van der Waals surface area contributed by atoms with Gasteiger partial charge in [0.25, 0.3) is 5.91 Å². The average molecular weight is 412 g/mol. The molecule has 3 aromatic carbocycles. The number of hydrogen-bond acceptors (Lipinski definition) is 6. The zero-order chi connectivity index (χ0) is 21.6. The second-order valence-electron chi connectivity index (χ2n) is 6.82. The summed E-state index contributed by atoms with van der Waals surface area (Å²) in [5.74, 6) is 0.840. The lowest BCUT2D eigenvalue weighted by atomic mass is 10.2. The van der Waals surface area contributed by atoms with Crippen LogP contribution in [0.2, 0.25) is 0 Å². The van der Waals surface area contributed by atoms with Gasteiger partial charge in [0, 0.05) is 29.8 Å². The standard InChI is InChI=1S/C24H20N4O3/c25-13-18(24(29)27-14-17-6-11-22-23(12-17)31-16-30-22)15-28(20-4-2-1-3-5-20)21-9-7-19(26)8-10-21/h1-12,15H,14,16,26H2,(H,27,29)/b18-15-. The van der Waals surface area contributed by atoms with Gasteiger partial charge in [-0.3, -0.25) is 4.79 Å². The van der Waals surface area contributed by atoms with Gasteiger partial charge < -0.3 is 25.4 Å². The molecular weight excluding hydrogens is 392 g/mol. The van der Waals surface area contributed by atoms with Crippen LogP contribution >= 0.6 is 0 Å². The van der Waals surface area contributed by atoms with Gasteiger partial charge in [-0.1, -0.05) is 24.3 Å². The van der Waals surface area contributed by atoms with Crippen LogP contribution in [0.4, 0.5) is 17.1 Å². The molecule has 154 valence electrons. The summed E-state index contributed by atoms with van der Waals surface area (Å²) >= 11 is 0. The maximum atomic E-state index is 12.7. The molecule has 0 unspecified atom stereocenters. The molecule has 0 bridgehead atoms. The number of carbonyl (C=O) groups is 1. The Kier molecular flexibility index (Phi) is 5.72. The summed E-state index contributed by atoms with van der Waals surface area (Å²) in [6.45, 7) is 0.439. The fourth-order valence-electron chi connectivity index (χ4n) is 3.12. The van der Waals surface area contributed by atoms with E-state index in [0.717, 1.165) is 16.9 Å². The number of nitrogens with one attached hydrogen (secondary N) is 1. The third-order valence-corrected chi connectivity index (χ3v) is 4.72. The Hall–Kier alpha value is -4.44. The van der Waals surface area contributed by atoms with E-state index in [1.807, 2.05) is 60.7 Å². The van der Waals surface area contributed by atoms with Gasteiger partial charge in [0.05, 0.1) is 0 Å². The number of anilines is 3. The van der Waals surface area contributed by atoms with Crippen molar-refractivity contribution in [1.29, 1.82) is 5.26 Å². The van der Waals surface area contributed by atoms with Gasteiger partial charge in [-0.05, 0) is 54.1 Å². The van der Waals surface area contributed by atoms with Gasteiger partial charge in [0.15, 0.2) is 11.5 Å². The number of fused-ring (bicyclic) bond motifs is 1. The third-order valence-electron chi connectivity index (χ3n) is 4.72. The molecule has 4 rings (SSSR count). The second-order valence-corrected chi connectivity index (χ2v) is 6.82. The number of amides is 1. The van der Waals surface area contributed by atoms with Gasteiger partial charge >= 0.3 is 0 Å². The van der Waals surface area contributed by atoms with Crippen molar-refractivity contribution in [2.24, 2.45) is 0 Å². The second kappa shape index (κ2) is 8.93. The van der Waals surface area contributed by atoms with Crippen LogP contribution in [-0.4, -0.2) is 12.7 Å². The molecule has 0 aliphatic carbocycles. The lowest BCUT2D eigenvalue weighted by Gasteiger charge is -2.21. The van der Waals surface area contributed by atoms with Gasteiger partial charge in [-0.25, -0.2) is 0 Å². The van der Waals surface area contributed by atoms with E-state index >= 15 is 0 Å². The molecular formula is C24H20N4O3. The monoisotopic (exact) mass is 412 g/mol. The molecule has 3 N–H and O–H groups in total. The van der Waals surface area contributed by atoms with Crippen molar-refractivity contribution >= 4 is 23.0 Å². The van der Waals surface area contributed by atoms with E-state index < -0.39 is 5.91 Å². The highest BCUT2D eigenvalue weighted by Gasteiger charge is 2.16. The Morgan fingerprint density at radius 2 is 1.74 bits per heavy atom. The van der Waals surface area contributed by atoms with Crippen LogP contribution in [0.3, 0.4) is 0 Å². The predicted octanol–water partition coefficient (Wildman–Crippen LogP) is 3.86. The molecule has 0 radical (unpaired) electrons. The highest BCUT2D eigenvalue weighted by molar-refractivity contribution is 5.98. The van der Waals surface area contributed by atoms with E-state index in [9.17, 15) is 10.1 Å². The summed E-state index contributed by atoms with van der Waals surface area (Å²) in [5.41, 5.74) is 8.83. The zero-order valence-electron chi connectivity index (χ0n) is 16.6. The molecule has 1 aliphatic heterocycles. The quantitative estimate of drug-likeness (QED) is 0.362.